The van der Waals surface area contributed by atoms with E-state index in [-0.39, 0.29) is 6.61 Å². The summed E-state index contributed by atoms with van der Waals surface area (Å²) in [5, 5.41) is 14.0. The van der Waals surface area contributed by atoms with E-state index in [0.717, 1.165) is 25.1 Å². The number of aromatic nitrogens is 2. The Morgan fingerprint density at radius 3 is 2.95 bits per heavy atom. The molecule has 0 amide bonds. The Balaban J connectivity index is 2.10. The second-order valence-electron chi connectivity index (χ2n) is 6.26. The number of rotatable bonds is 7. The van der Waals surface area contributed by atoms with Crippen molar-refractivity contribution in [3.8, 4) is 0 Å². The van der Waals surface area contributed by atoms with Gasteiger partial charge in [0, 0.05) is 32.0 Å². The van der Waals surface area contributed by atoms with Gasteiger partial charge in [0.2, 0.25) is 0 Å². The summed E-state index contributed by atoms with van der Waals surface area (Å²) in [7, 11) is 1.56. The van der Waals surface area contributed by atoms with Crippen LogP contribution in [0, 0.1) is 5.92 Å². The molecule has 1 aliphatic rings. The van der Waals surface area contributed by atoms with E-state index in [9.17, 15) is 9.90 Å². The topological polar surface area (TPSA) is 67.6 Å². The number of likely N-dealkylation sites (tertiary alicyclic amines) is 1. The third-order valence-corrected chi connectivity index (χ3v) is 4.02. The van der Waals surface area contributed by atoms with Crippen molar-refractivity contribution in [2.75, 3.05) is 20.3 Å². The Morgan fingerprint density at radius 2 is 2.33 bits per heavy atom. The van der Waals surface area contributed by atoms with Gasteiger partial charge < -0.3 is 9.84 Å². The molecule has 2 heterocycles. The molecule has 0 bridgehead atoms. The minimum absolute atomic E-state index is 0.225. The van der Waals surface area contributed by atoms with Gasteiger partial charge in [-0.1, -0.05) is 13.8 Å². The molecule has 1 aromatic heterocycles. The zero-order chi connectivity index (χ0) is 15.5. The van der Waals surface area contributed by atoms with Crippen LogP contribution in [-0.2, 0) is 22.6 Å². The molecule has 0 radical (unpaired) electrons. The fourth-order valence-electron chi connectivity index (χ4n) is 3.05. The Morgan fingerprint density at radius 1 is 1.57 bits per heavy atom. The molecule has 118 valence electrons. The number of carboxylic acid groups (broad SMARTS) is 1. The Labute approximate surface area is 125 Å². The lowest BCUT2D eigenvalue weighted by atomic mass is 9.97. The van der Waals surface area contributed by atoms with Crippen LogP contribution in [0.2, 0.25) is 0 Å². The molecule has 1 saturated heterocycles. The van der Waals surface area contributed by atoms with E-state index in [4.69, 9.17) is 4.74 Å². The van der Waals surface area contributed by atoms with Crippen molar-refractivity contribution in [2.45, 2.75) is 45.3 Å². The fraction of sp³-hybridized carbons (Fsp3) is 0.733. The van der Waals surface area contributed by atoms with Gasteiger partial charge in [-0.3, -0.25) is 14.4 Å². The van der Waals surface area contributed by atoms with E-state index in [0.29, 0.717) is 18.9 Å². The maximum absolute atomic E-state index is 11.7. The monoisotopic (exact) mass is 295 g/mol. The molecule has 6 heteroatoms. The van der Waals surface area contributed by atoms with Crippen LogP contribution < -0.4 is 0 Å². The van der Waals surface area contributed by atoms with Crippen molar-refractivity contribution in [1.82, 2.24) is 14.7 Å². The zero-order valence-electron chi connectivity index (χ0n) is 13.1. The molecule has 1 unspecified atom stereocenters. The van der Waals surface area contributed by atoms with Crippen LogP contribution in [0.25, 0.3) is 0 Å². The molecule has 1 N–H and O–H groups in total. The maximum atomic E-state index is 11.7. The van der Waals surface area contributed by atoms with Crippen LogP contribution in [0.4, 0.5) is 0 Å². The Hall–Kier alpha value is -1.40. The summed E-state index contributed by atoms with van der Waals surface area (Å²) in [5.74, 6) is -0.257. The number of carboxylic acids is 1. The number of carbonyl (C=O) groups is 1. The van der Waals surface area contributed by atoms with Crippen LogP contribution >= 0.6 is 0 Å². The average molecular weight is 295 g/mol. The standard InChI is InChI=1S/C15H25N3O3/c1-12(2)8-18-10-13(7-16-18)9-17-6-4-5-15(17,11-21-3)14(19)20/h7,10,12H,4-6,8-9,11H2,1-3H3,(H,19,20). The van der Waals surface area contributed by atoms with Gasteiger partial charge >= 0.3 is 5.97 Å². The van der Waals surface area contributed by atoms with Gasteiger partial charge in [0.1, 0.15) is 5.54 Å². The lowest BCUT2D eigenvalue weighted by Gasteiger charge is -2.33. The number of hydrogen-bond donors (Lipinski definition) is 1. The van der Waals surface area contributed by atoms with Gasteiger partial charge in [-0.2, -0.15) is 5.10 Å². The molecule has 0 spiro atoms. The summed E-state index contributed by atoms with van der Waals surface area (Å²) < 4.78 is 7.10. The predicted octanol–water partition coefficient (Wildman–Crippen LogP) is 1.60. The van der Waals surface area contributed by atoms with Crippen LogP contribution in [0.15, 0.2) is 12.4 Å². The summed E-state index contributed by atoms with van der Waals surface area (Å²) in [4.78, 5) is 13.7. The Kier molecular flexibility index (Phi) is 5.00. The van der Waals surface area contributed by atoms with Crippen molar-refractivity contribution in [3.05, 3.63) is 18.0 Å². The van der Waals surface area contributed by atoms with Crippen molar-refractivity contribution in [1.29, 1.82) is 0 Å². The Bertz CT molecular complexity index is 486. The molecule has 1 aromatic rings. The van der Waals surface area contributed by atoms with Gasteiger partial charge in [-0.05, 0) is 25.3 Å². The molecular formula is C15H25N3O3. The molecule has 0 aromatic carbocycles. The van der Waals surface area contributed by atoms with Crippen molar-refractivity contribution < 1.29 is 14.6 Å². The van der Waals surface area contributed by atoms with Gasteiger partial charge in [0.25, 0.3) is 0 Å². The van der Waals surface area contributed by atoms with Gasteiger partial charge in [-0.15, -0.1) is 0 Å². The van der Waals surface area contributed by atoms with Crippen LogP contribution in [0.1, 0.15) is 32.3 Å². The first kappa shape index (κ1) is 16.0. The van der Waals surface area contributed by atoms with E-state index in [1.54, 1.807) is 7.11 Å². The van der Waals surface area contributed by atoms with Crippen LogP contribution in [0.5, 0.6) is 0 Å². The van der Waals surface area contributed by atoms with Crippen molar-refractivity contribution in [3.63, 3.8) is 0 Å². The normalized spacial score (nSPS) is 23.0. The largest absolute Gasteiger partial charge is 0.480 e. The SMILES string of the molecule is COCC1(C(=O)O)CCCN1Cc1cnn(CC(C)C)c1. The van der Waals surface area contributed by atoms with E-state index in [1.807, 2.05) is 22.0 Å². The molecule has 1 aliphatic heterocycles. The van der Waals surface area contributed by atoms with Crippen LogP contribution in [-0.4, -0.2) is 51.6 Å². The summed E-state index contributed by atoms with van der Waals surface area (Å²) in [6, 6.07) is 0. The highest BCUT2D eigenvalue weighted by molar-refractivity contribution is 5.79. The second-order valence-corrected chi connectivity index (χ2v) is 6.26. The highest BCUT2D eigenvalue weighted by atomic mass is 16.5. The molecule has 1 fully saturated rings. The first-order chi connectivity index (χ1) is 9.98. The quantitative estimate of drug-likeness (QED) is 0.827. The molecular weight excluding hydrogens is 270 g/mol. The summed E-state index contributed by atoms with van der Waals surface area (Å²) in [6.07, 6.45) is 5.37. The lowest BCUT2D eigenvalue weighted by Crippen LogP contribution is -2.53. The molecule has 0 aliphatic carbocycles. The number of ether oxygens (including phenoxy) is 1. The van der Waals surface area contributed by atoms with Crippen molar-refractivity contribution in [2.24, 2.45) is 5.92 Å². The number of methoxy groups -OCH3 is 1. The van der Waals surface area contributed by atoms with Gasteiger partial charge in [0.05, 0.1) is 12.8 Å². The second kappa shape index (κ2) is 6.58. The molecule has 2 rings (SSSR count). The predicted molar refractivity (Wildman–Crippen MR) is 79.0 cm³/mol. The summed E-state index contributed by atoms with van der Waals surface area (Å²) >= 11 is 0. The highest BCUT2D eigenvalue weighted by Gasteiger charge is 2.47. The van der Waals surface area contributed by atoms with E-state index in [2.05, 4.69) is 18.9 Å². The minimum atomic E-state index is -0.894. The molecule has 1 atom stereocenters. The van der Waals surface area contributed by atoms with E-state index in [1.165, 1.54) is 0 Å². The first-order valence-electron chi connectivity index (χ1n) is 7.46. The smallest absolute Gasteiger partial charge is 0.326 e. The molecule has 21 heavy (non-hydrogen) atoms. The van der Waals surface area contributed by atoms with Crippen LogP contribution in [0.3, 0.4) is 0 Å². The van der Waals surface area contributed by atoms with Gasteiger partial charge in [0.15, 0.2) is 0 Å². The highest BCUT2D eigenvalue weighted by Crippen LogP contribution is 2.31. The van der Waals surface area contributed by atoms with E-state index < -0.39 is 11.5 Å². The first-order valence-corrected chi connectivity index (χ1v) is 7.46. The number of nitrogens with zero attached hydrogens (tertiary/aromatic N) is 3. The number of aliphatic carboxylic acids is 1. The number of hydrogen-bond acceptors (Lipinski definition) is 4. The molecule has 0 saturated carbocycles. The maximum Gasteiger partial charge on any atom is 0.326 e. The third-order valence-electron chi connectivity index (χ3n) is 4.02. The van der Waals surface area contributed by atoms with Crippen molar-refractivity contribution >= 4 is 5.97 Å². The zero-order valence-corrected chi connectivity index (χ0v) is 13.1. The van der Waals surface area contributed by atoms with Gasteiger partial charge in [-0.25, -0.2) is 0 Å². The summed E-state index contributed by atoms with van der Waals surface area (Å²) in [5.41, 5.74) is 0.161. The third kappa shape index (κ3) is 3.44. The fourth-order valence-corrected chi connectivity index (χ4v) is 3.05. The molecule has 6 nitrogen and oxygen atoms in total. The minimum Gasteiger partial charge on any atom is -0.480 e. The van der Waals surface area contributed by atoms with E-state index >= 15 is 0 Å². The lowest BCUT2D eigenvalue weighted by molar-refractivity contribution is -0.153. The average Bonchev–Trinajstić information content (AvgIpc) is 2.98. The summed E-state index contributed by atoms with van der Waals surface area (Å²) in [6.45, 7) is 6.79.